The van der Waals surface area contributed by atoms with Gasteiger partial charge in [0, 0.05) is 38.2 Å². The van der Waals surface area contributed by atoms with Gasteiger partial charge in [0.2, 0.25) is 0 Å². The van der Waals surface area contributed by atoms with Crippen LogP contribution in [0.2, 0.25) is 0 Å². The number of hydrogen-bond donors (Lipinski definition) is 2. The second-order valence-corrected chi connectivity index (χ2v) is 7.35. The van der Waals surface area contributed by atoms with Gasteiger partial charge in [0.1, 0.15) is 0 Å². The SMILES string of the molecule is Cc1ccc(NC(=O)N2CCC(F)(C(=O)NCc3ccccc3)CC2)cc1C. The molecule has 1 heterocycles. The number of hydrogen-bond acceptors (Lipinski definition) is 2. The molecule has 2 aromatic carbocycles. The lowest BCUT2D eigenvalue weighted by Crippen LogP contribution is -2.52. The highest BCUT2D eigenvalue weighted by atomic mass is 19.1. The number of amides is 3. The molecule has 2 N–H and O–H groups in total. The highest BCUT2D eigenvalue weighted by Gasteiger charge is 2.42. The first kappa shape index (κ1) is 19.9. The van der Waals surface area contributed by atoms with Gasteiger partial charge in [0.15, 0.2) is 5.67 Å². The van der Waals surface area contributed by atoms with Gasteiger partial charge in [-0.25, -0.2) is 9.18 Å². The molecule has 3 amide bonds. The first-order valence-electron chi connectivity index (χ1n) is 9.52. The third kappa shape index (κ3) is 4.68. The Morgan fingerprint density at radius 2 is 1.71 bits per heavy atom. The van der Waals surface area contributed by atoms with Crippen LogP contribution in [-0.2, 0) is 11.3 Å². The van der Waals surface area contributed by atoms with Crippen molar-refractivity contribution in [1.29, 1.82) is 0 Å². The lowest BCUT2D eigenvalue weighted by molar-refractivity contribution is -0.135. The average Bonchev–Trinajstić information content (AvgIpc) is 2.70. The molecule has 28 heavy (non-hydrogen) atoms. The molecular weight excluding hydrogens is 357 g/mol. The number of likely N-dealkylation sites (tertiary alicyclic amines) is 1. The number of rotatable bonds is 4. The predicted octanol–water partition coefficient (Wildman–Crippen LogP) is 3.96. The van der Waals surface area contributed by atoms with Crippen molar-refractivity contribution in [3.05, 3.63) is 65.2 Å². The molecule has 5 nitrogen and oxygen atoms in total. The minimum Gasteiger partial charge on any atom is -0.349 e. The second kappa shape index (κ2) is 8.42. The molecule has 0 bridgehead atoms. The van der Waals surface area contributed by atoms with Crippen LogP contribution in [0, 0.1) is 13.8 Å². The van der Waals surface area contributed by atoms with Crippen molar-refractivity contribution in [2.45, 2.75) is 38.9 Å². The van der Waals surface area contributed by atoms with Crippen molar-refractivity contribution < 1.29 is 14.0 Å². The Bertz CT molecular complexity index is 846. The van der Waals surface area contributed by atoms with E-state index >= 15 is 4.39 Å². The number of benzene rings is 2. The van der Waals surface area contributed by atoms with Crippen LogP contribution in [0.3, 0.4) is 0 Å². The number of carbonyl (C=O) groups is 2. The number of urea groups is 1. The molecule has 148 valence electrons. The summed E-state index contributed by atoms with van der Waals surface area (Å²) < 4.78 is 15.1. The van der Waals surface area contributed by atoms with Gasteiger partial charge >= 0.3 is 6.03 Å². The largest absolute Gasteiger partial charge is 0.349 e. The van der Waals surface area contributed by atoms with Crippen molar-refractivity contribution >= 4 is 17.6 Å². The summed E-state index contributed by atoms with van der Waals surface area (Å²) in [5, 5.41) is 5.52. The first-order valence-corrected chi connectivity index (χ1v) is 9.52. The summed E-state index contributed by atoms with van der Waals surface area (Å²) in [5.74, 6) is -0.606. The third-order valence-electron chi connectivity index (χ3n) is 5.30. The zero-order valence-electron chi connectivity index (χ0n) is 16.3. The number of nitrogens with zero attached hydrogens (tertiary/aromatic N) is 1. The molecule has 0 spiro atoms. The molecule has 6 heteroatoms. The molecule has 1 saturated heterocycles. The topological polar surface area (TPSA) is 61.4 Å². The van der Waals surface area contributed by atoms with Crippen molar-refractivity contribution in [2.24, 2.45) is 0 Å². The number of anilines is 1. The second-order valence-electron chi connectivity index (χ2n) is 7.35. The summed E-state index contributed by atoms with van der Waals surface area (Å²) in [6.07, 6.45) is -0.0120. The lowest BCUT2D eigenvalue weighted by atomic mass is 9.92. The summed E-state index contributed by atoms with van der Waals surface area (Å²) in [7, 11) is 0. The molecule has 0 saturated carbocycles. The monoisotopic (exact) mass is 383 g/mol. The molecular formula is C22H26FN3O2. The van der Waals surface area contributed by atoms with Gasteiger partial charge in [-0.1, -0.05) is 36.4 Å². The van der Waals surface area contributed by atoms with Crippen LogP contribution in [0.4, 0.5) is 14.9 Å². The van der Waals surface area contributed by atoms with E-state index in [4.69, 9.17) is 0 Å². The fourth-order valence-corrected chi connectivity index (χ4v) is 3.25. The number of halogens is 1. The molecule has 2 aromatic rings. The van der Waals surface area contributed by atoms with Crippen LogP contribution in [0.25, 0.3) is 0 Å². The van der Waals surface area contributed by atoms with Gasteiger partial charge in [-0.15, -0.1) is 0 Å². The van der Waals surface area contributed by atoms with E-state index in [0.717, 1.165) is 16.7 Å². The van der Waals surface area contributed by atoms with Crippen molar-refractivity contribution in [2.75, 3.05) is 18.4 Å². The minimum absolute atomic E-state index is 0.00598. The van der Waals surface area contributed by atoms with Crippen LogP contribution in [-0.4, -0.2) is 35.6 Å². The van der Waals surface area contributed by atoms with Gasteiger partial charge in [-0.05, 0) is 42.7 Å². The van der Waals surface area contributed by atoms with Crippen LogP contribution in [0.1, 0.15) is 29.5 Å². The van der Waals surface area contributed by atoms with E-state index < -0.39 is 11.6 Å². The average molecular weight is 383 g/mol. The van der Waals surface area contributed by atoms with E-state index in [1.54, 1.807) is 4.90 Å². The van der Waals surface area contributed by atoms with Crippen LogP contribution in [0.15, 0.2) is 48.5 Å². The molecule has 1 fully saturated rings. The molecule has 3 rings (SSSR count). The fraction of sp³-hybridized carbons (Fsp3) is 0.364. The van der Waals surface area contributed by atoms with Crippen LogP contribution < -0.4 is 10.6 Å². The summed E-state index contributed by atoms with van der Waals surface area (Å²) in [4.78, 5) is 26.3. The molecule has 1 aliphatic rings. The van der Waals surface area contributed by atoms with Gasteiger partial charge < -0.3 is 15.5 Å². The smallest absolute Gasteiger partial charge is 0.321 e. The highest BCUT2D eigenvalue weighted by molar-refractivity contribution is 5.90. The normalized spacial score (nSPS) is 15.8. The number of alkyl halides is 1. The Hall–Kier alpha value is -2.89. The van der Waals surface area contributed by atoms with Gasteiger partial charge in [0.25, 0.3) is 5.91 Å². The Labute approximate surface area is 164 Å². The lowest BCUT2D eigenvalue weighted by Gasteiger charge is -2.35. The Balaban J connectivity index is 1.51. The Morgan fingerprint density at radius 3 is 2.36 bits per heavy atom. The van der Waals surface area contributed by atoms with Crippen molar-refractivity contribution in [3.63, 3.8) is 0 Å². The zero-order valence-corrected chi connectivity index (χ0v) is 16.3. The van der Waals surface area contributed by atoms with E-state index in [1.807, 2.05) is 62.4 Å². The highest BCUT2D eigenvalue weighted by Crippen LogP contribution is 2.27. The van der Waals surface area contributed by atoms with Crippen molar-refractivity contribution in [3.8, 4) is 0 Å². The molecule has 0 radical (unpaired) electrons. The maximum Gasteiger partial charge on any atom is 0.321 e. The number of nitrogens with one attached hydrogen (secondary N) is 2. The zero-order chi connectivity index (χ0) is 20.1. The predicted molar refractivity (Wildman–Crippen MR) is 108 cm³/mol. The third-order valence-corrected chi connectivity index (χ3v) is 5.30. The fourth-order valence-electron chi connectivity index (χ4n) is 3.25. The standard InChI is InChI=1S/C22H26FN3O2/c1-16-8-9-19(14-17(16)2)25-21(28)26-12-10-22(23,11-13-26)20(27)24-15-18-6-4-3-5-7-18/h3-9,14H,10-13,15H2,1-2H3,(H,24,27)(H,25,28). The van der Waals surface area contributed by atoms with Gasteiger partial charge in [0.05, 0.1) is 0 Å². The first-order chi connectivity index (χ1) is 13.4. The van der Waals surface area contributed by atoms with Crippen LogP contribution in [0.5, 0.6) is 0 Å². The molecule has 1 aliphatic heterocycles. The molecule has 0 unspecified atom stereocenters. The Kier molecular flexibility index (Phi) is 5.97. The van der Waals surface area contributed by atoms with Gasteiger partial charge in [-0.3, -0.25) is 4.79 Å². The molecule has 0 aliphatic carbocycles. The summed E-state index contributed by atoms with van der Waals surface area (Å²) in [6, 6.07) is 14.8. The van der Waals surface area contributed by atoms with E-state index in [-0.39, 0.29) is 32.0 Å². The molecule has 0 atom stereocenters. The molecule has 0 aromatic heterocycles. The van der Waals surface area contributed by atoms with E-state index in [0.29, 0.717) is 12.2 Å². The maximum absolute atomic E-state index is 15.1. The number of piperidine rings is 1. The summed E-state index contributed by atoms with van der Waals surface area (Å²) in [6.45, 7) is 4.69. The maximum atomic E-state index is 15.1. The summed E-state index contributed by atoms with van der Waals surface area (Å²) in [5.41, 5.74) is 1.94. The van der Waals surface area contributed by atoms with Crippen LogP contribution >= 0.6 is 0 Å². The number of aryl methyl sites for hydroxylation is 2. The minimum atomic E-state index is -1.94. The Morgan fingerprint density at radius 1 is 1.04 bits per heavy atom. The van der Waals surface area contributed by atoms with E-state index in [9.17, 15) is 9.59 Å². The van der Waals surface area contributed by atoms with E-state index in [1.165, 1.54) is 0 Å². The van der Waals surface area contributed by atoms with E-state index in [2.05, 4.69) is 10.6 Å². The quantitative estimate of drug-likeness (QED) is 0.840. The number of carbonyl (C=O) groups excluding carboxylic acids is 2. The summed E-state index contributed by atoms with van der Waals surface area (Å²) >= 11 is 0. The van der Waals surface area contributed by atoms with Gasteiger partial charge in [-0.2, -0.15) is 0 Å². The van der Waals surface area contributed by atoms with Crippen molar-refractivity contribution in [1.82, 2.24) is 10.2 Å².